The van der Waals surface area contributed by atoms with Crippen molar-refractivity contribution in [2.45, 2.75) is 57.5 Å². The fourth-order valence-electron chi connectivity index (χ4n) is 4.15. The summed E-state index contributed by atoms with van der Waals surface area (Å²) < 4.78 is 30.4. The quantitative estimate of drug-likeness (QED) is 0.405. The molecule has 0 aromatic heterocycles. The van der Waals surface area contributed by atoms with Gasteiger partial charge in [-0.2, -0.15) is 0 Å². The second-order valence-electron chi connectivity index (χ2n) is 8.62. The molecular formula is C29H32O7. The van der Waals surface area contributed by atoms with Crippen LogP contribution in [0, 0.1) is 0 Å². The summed E-state index contributed by atoms with van der Waals surface area (Å²) in [5.41, 5.74) is 2.89. The number of rotatable bonds is 11. The van der Waals surface area contributed by atoms with Crippen LogP contribution in [0.4, 0.5) is 0 Å². The SMILES string of the molecule is CC(=O)O[C@H]1OC(CO)[C@H](OCc2ccccc2)[C@@H](OCc2ccccc2)C1OCc1ccccc1. The number of hydrogen-bond acceptors (Lipinski definition) is 7. The van der Waals surface area contributed by atoms with Gasteiger partial charge in [0.1, 0.15) is 24.4 Å². The number of ether oxygens (including phenoxy) is 5. The molecule has 0 bridgehead atoms. The number of hydrogen-bond donors (Lipinski definition) is 1. The Balaban J connectivity index is 1.60. The molecule has 0 saturated carbocycles. The monoisotopic (exact) mass is 492 g/mol. The van der Waals surface area contributed by atoms with Crippen LogP contribution in [-0.4, -0.2) is 48.4 Å². The van der Waals surface area contributed by atoms with E-state index < -0.39 is 36.7 Å². The van der Waals surface area contributed by atoms with Gasteiger partial charge < -0.3 is 28.8 Å². The first-order chi connectivity index (χ1) is 17.6. The van der Waals surface area contributed by atoms with Gasteiger partial charge in [0.05, 0.1) is 26.4 Å². The van der Waals surface area contributed by atoms with Gasteiger partial charge in [-0.25, -0.2) is 0 Å². The summed E-state index contributed by atoms with van der Waals surface area (Å²) in [4.78, 5) is 11.9. The minimum atomic E-state index is -1.07. The Labute approximate surface area is 211 Å². The van der Waals surface area contributed by atoms with E-state index in [1.807, 2.05) is 91.0 Å². The van der Waals surface area contributed by atoms with E-state index in [4.69, 9.17) is 23.7 Å². The molecule has 0 aliphatic carbocycles. The van der Waals surface area contributed by atoms with Crippen molar-refractivity contribution in [1.82, 2.24) is 0 Å². The van der Waals surface area contributed by atoms with Crippen LogP contribution in [0.25, 0.3) is 0 Å². The number of aliphatic hydroxyl groups excluding tert-OH is 1. The number of benzene rings is 3. The number of carbonyl (C=O) groups is 1. The highest BCUT2D eigenvalue weighted by molar-refractivity contribution is 5.66. The molecule has 1 heterocycles. The molecule has 1 N–H and O–H groups in total. The fraction of sp³-hybridized carbons (Fsp3) is 0.345. The van der Waals surface area contributed by atoms with Crippen molar-refractivity contribution < 1.29 is 33.6 Å². The van der Waals surface area contributed by atoms with Crippen LogP contribution < -0.4 is 0 Å². The van der Waals surface area contributed by atoms with E-state index in [0.29, 0.717) is 6.61 Å². The molecule has 7 nitrogen and oxygen atoms in total. The highest BCUT2D eigenvalue weighted by atomic mass is 16.7. The first-order valence-electron chi connectivity index (χ1n) is 12.0. The molecule has 4 rings (SSSR count). The molecule has 0 spiro atoms. The van der Waals surface area contributed by atoms with Crippen molar-refractivity contribution in [2.24, 2.45) is 0 Å². The maximum Gasteiger partial charge on any atom is 0.305 e. The predicted molar refractivity (Wildman–Crippen MR) is 133 cm³/mol. The minimum absolute atomic E-state index is 0.257. The van der Waals surface area contributed by atoms with E-state index in [9.17, 15) is 9.90 Å². The summed E-state index contributed by atoms with van der Waals surface area (Å²) in [6.45, 7) is 1.80. The standard InChI is InChI=1S/C29H32O7/c1-21(31)35-29-28(34-20-24-15-9-4-10-16-24)27(33-19-23-13-7-3-8-14-23)26(25(17-30)36-29)32-18-22-11-5-2-6-12-22/h2-16,25-30H,17-20H2,1H3/t25?,26-,27+,28?,29-/m0/s1. The Morgan fingerprint density at radius 1 is 0.694 bits per heavy atom. The molecule has 0 amide bonds. The van der Waals surface area contributed by atoms with Crippen LogP contribution in [0.5, 0.6) is 0 Å². The molecule has 7 heteroatoms. The zero-order chi connectivity index (χ0) is 25.2. The second kappa shape index (κ2) is 13.3. The zero-order valence-electron chi connectivity index (χ0n) is 20.3. The highest BCUT2D eigenvalue weighted by Gasteiger charge is 2.49. The van der Waals surface area contributed by atoms with E-state index in [2.05, 4.69) is 0 Å². The van der Waals surface area contributed by atoms with Crippen molar-refractivity contribution >= 4 is 5.97 Å². The van der Waals surface area contributed by atoms with Crippen molar-refractivity contribution in [3.63, 3.8) is 0 Å². The number of aliphatic hydroxyl groups is 1. The molecule has 3 aromatic carbocycles. The van der Waals surface area contributed by atoms with Crippen molar-refractivity contribution in [2.75, 3.05) is 6.61 Å². The van der Waals surface area contributed by atoms with Crippen LogP contribution in [-0.2, 0) is 48.3 Å². The topological polar surface area (TPSA) is 83.5 Å². The number of esters is 1. The van der Waals surface area contributed by atoms with E-state index in [0.717, 1.165) is 16.7 Å². The maximum atomic E-state index is 11.9. The van der Waals surface area contributed by atoms with E-state index in [-0.39, 0.29) is 19.8 Å². The molecule has 3 aromatic rings. The van der Waals surface area contributed by atoms with Gasteiger partial charge in [-0.15, -0.1) is 0 Å². The summed E-state index contributed by atoms with van der Waals surface area (Å²) in [7, 11) is 0. The van der Waals surface area contributed by atoms with Gasteiger partial charge in [0.25, 0.3) is 0 Å². The first-order valence-corrected chi connectivity index (χ1v) is 12.0. The molecule has 1 fully saturated rings. The Kier molecular flexibility index (Phi) is 9.61. The molecule has 36 heavy (non-hydrogen) atoms. The predicted octanol–water partition coefficient (Wildman–Crippen LogP) is 4.02. The Morgan fingerprint density at radius 3 is 1.53 bits per heavy atom. The van der Waals surface area contributed by atoms with Crippen LogP contribution in [0.15, 0.2) is 91.0 Å². The summed E-state index contributed by atoms with van der Waals surface area (Å²) in [5.74, 6) is -0.518. The fourth-order valence-corrected chi connectivity index (χ4v) is 4.15. The Bertz CT molecular complexity index is 1040. The number of carbonyl (C=O) groups excluding carboxylic acids is 1. The summed E-state index contributed by atoms with van der Waals surface area (Å²) in [6.07, 6.45) is -4.00. The summed E-state index contributed by atoms with van der Waals surface area (Å²) in [6, 6.07) is 29.2. The van der Waals surface area contributed by atoms with Crippen LogP contribution in [0.3, 0.4) is 0 Å². The largest absolute Gasteiger partial charge is 0.433 e. The lowest BCUT2D eigenvalue weighted by Gasteiger charge is -2.45. The molecule has 0 radical (unpaired) electrons. The van der Waals surface area contributed by atoms with Gasteiger partial charge in [-0.05, 0) is 16.7 Å². The first kappa shape index (κ1) is 26.0. The van der Waals surface area contributed by atoms with Gasteiger partial charge in [-0.3, -0.25) is 4.79 Å². The Morgan fingerprint density at radius 2 is 1.11 bits per heavy atom. The van der Waals surface area contributed by atoms with Gasteiger partial charge >= 0.3 is 5.97 Å². The molecule has 1 aliphatic heterocycles. The molecule has 1 saturated heterocycles. The van der Waals surface area contributed by atoms with Crippen LogP contribution >= 0.6 is 0 Å². The third-order valence-electron chi connectivity index (χ3n) is 5.91. The third kappa shape index (κ3) is 7.22. The average molecular weight is 493 g/mol. The smallest absolute Gasteiger partial charge is 0.305 e. The average Bonchev–Trinajstić information content (AvgIpc) is 2.91. The lowest BCUT2D eigenvalue weighted by atomic mass is 9.98. The molecule has 1 aliphatic rings. The van der Waals surface area contributed by atoms with Crippen molar-refractivity contribution in [3.05, 3.63) is 108 Å². The molecule has 190 valence electrons. The Hall–Kier alpha value is -3.07. The lowest BCUT2D eigenvalue weighted by Crippen LogP contribution is -2.61. The van der Waals surface area contributed by atoms with E-state index >= 15 is 0 Å². The van der Waals surface area contributed by atoms with Crippen molar-refractivity contribution in [3.8, 4) is 0 Å². The summed E-state index contributed by atoms with van der Waals surface area (Å²) in [5, 5.41) is 10.2. The van der Waals surface area contributed by atoms with Crippen LogP contribution in [0.1, 0.15) is 23.6 Å². The molecule has 2 unspecified atom stereocenters. The van der Waals surface area contributed by atoms with Gasteiger partial charge in [0, 0.05) is 6.92 Å². The minimum Gasteiger partial charge on any atom is -0.433 e. The molecule has 5 atom stereocenters. The van der Waals surface area contributed by atoms with Gasteiger partial charge in [0.15, 0.2) is 0 Å². The van der Waals surface area contributed by atoms with E-state index in [1.165, 1.54) is 6.92 Å². The highest BCUT2D eigenvalue weighted by Crippen LogP contribution is 2.31. The molecular weight excluding hydrogens is 460 g/mol. The van der Waals surface area contributed by atoms with Gasteiger partial charge in [-0.1, -0.05) is 91.0 Å². The normalized spacial score (nSPS) is 23.8. The lowest BCUT2D eigenvalue weighted by molar-refractivity contribution is -0.318. The third-order valence-corrected chi connectivity index (χ3v) is 5.91. The maximum absolute atomic E-state index is 11.9. The van der Waals surface area contributed by atoms with Crippen molar-refractivity contribution in [1.29, 1.82) is 0 Å². The van der Waals surface area contributed by atoms with Crippen LogP contribution in [0.2, 0.25) is 0 Å². The second-order valence-corrected chi connectivity index (χ2v) is 8.62. The van der Waals surface area contributed by atoms with Gasteiger partial charge in [0.2, 0.25) is 6.29 Å². The van der Waals surface area contributed by atoms with E-state index in [1.54, 1.807) is 0 Å². The summed E-state index contributed by atoms with van der Waals surface area (Å²) >= 11 is 0. The zero-order valence-corrected chi connectivity index (χ0v) is 20.3.